The van der Waals surface area contributed by atoms with Gasteiger partial charge in [0.15, 0.2) is 5.82 Å². The molecule has 0 radical (unpaired) electrons. The van der Waals surface area contributed by atoms with E-state index in [4.69, 9.17) is 0 Å². The van der Waals surface area contributed by atoms with Crippen LogP contribution in [0.4, 0.5) is 10.1 Å². The molecule has 1 aliphatic heterocycles. The number of hydrogen-bond donors (Lipinski definition) is 2. The number of amides is 2. The zero-order valence-corrected chi connectivity index (χ0v) is 16.7. The predicted octanol–water partition coefficient (Wildman–Crippen LogP) is 3.06. The van der Waals surface area contributed by atoms with Crippen molar-refractivity contribution in [2.45, 2.75) is 17.7 Å². The summed E-state index contributed by atoms with van der Waals surface area (Å²) in [5.74, 6) is 0.0250. The third-order valence-corrected chi connectivity index (χ3v) is 6.01. The fraction of sp³-hybridized carbons (Fsp3) is 0.182. The Kier molecular flexibility index (Phi) is 6.04. The van der Waals surface area contributed by atoms with Crippen molar-refractivity contribution in [1.29, 1.82) is 0 Å². The van der Waals surface area contributed by atoms with Crippen molar-refractivity contribution in [3.05, 3.63) is 78.4 Å². The molecule has 1 aliphatic rings. The molecule has 1 fully saturated rings. The molecule has 0 unspecified atom stereocenters. The molecule has 2 aromatic carbocycles. The Labute approximate surface area is 177 Å². The first-order chi connectivity index (χ1) is 14.6. The smallest absolute Gasteiger partial charge is 0.247 e. The van der Waals surface area contributed by atoms with Crippen LogP contribution in [0.3, 0.4) is 0 Å². The summed E-state index contributed by atoms with van der Waals surface area (Å²) in [5.41, 5.74) is 1.82. The lowest BCUT2D eigenvalue weighted by Crippen LogP contribution is -2.52. The molecule has 1 aromatic heterocycles. The maximum absolute atomic E-state index is 13.8. The third-order valence-electron chi connectivity index (χ3n) is 4.70. The molecule has 0 bridgehead atoms. The SMILES string of the molecule is O=C(Nc1cnc(-c2ccccc2)nc1)[C@H]1CS[C@H](Cc2ccccc2F)C(=O)N1. The van der Waals surface area contributed by atoms with Crippen LogP contribution in [0.5, 0.6) is 0 Å². The molecule has 1 saturated heterocycles. The number of halogens is 1. The van der Waals surface area contributed by atoms with Crippen LogP contribution in [0.15, 0.2) is 67.0 Å². The van der Waals surface area contributed by atoms with Gasteiger partial charge < -0.3 is 10.6 Å². The molecule has 6 nitrogen and oxygen atoms in total. The number of thioether (sulfide) groups is 1. The van der Waals surface area contributed by atoms with Gasteiger partial charge in [0.1, 0.15) is 11.9 Å². The molecule has 2 amide bonds. The van der Waals surface area contributed by atoms with E-state index < -0.39 is 11.3 Å². The van der Waals surface area contributed by atoms with Crippen LogP contribution in [0, 0.1) is 5.82 Å². The van der Waals surface area contributed by atoms with Gasteiger partial charge in [-0.05, 0) is 18.1 Å². The minimum Gasteiger partial charge on any atom is -0.343 e. The normalized spacial score (nSPS) is 18.5. The first kappa shape index (κ1) is 20.0. The number of aromatic nitrogens is 2. The molecule has 2 N–H and O–H groups in total. The first-order valence-electron chi connectivity index (χ1n) is 9.44. The number of nitrogens with one attached hydrogen (secondary N) is 2. The molecule has 8 heteroatoms. The Morgan fingerprint density at radius 2 is 1.80 bits per heavy atom. The van der Waals surface area contributed by atoms with Gasteiger partial charge in [-0.1, -0.05) is 48.5 Å². The van der Waals surface area contributed by atoms with Crippen LogP contribution in [0.2, 0.25) is 0 Å². The topological polar surface area (TPSA) is 84.0 Å². The standard InChI is InChI=1S/C22H19FN4O2S/c23-17-9-5-4-8-15(17)10-19-22(29)27-18(13-30-19)21(28)26-16-11-24-20(25-12-16)14-6-2-1-3-7-14/h1-9,11-12,18-19H,10,13H2,(H,26,28)(H,27,29)/t18-,19-/m1/s1. The highest BCUT2D eigenvalue weighted by Gasteiger charge is 2.32. The van der Waals surface area contributed by atoms with Crippen molar-refractivity contribution in [1.82, 2.24) is 15.3 Å². The molecular weight excluding hydrogens is 403 g/mol. The number of nitrogens with zero attached hydrogens (tertiary/aromatic N) is 2. The second kappa shape index (κ2) is 9.04. The molecule has 0 saturated carbocycles. The molecule has 152 valence electrons. The molecule has 30 heavy (non-hydrogen) atoms. The van der Waals surface area contributed by atoms with Crippen LogP contribution in [-0.2, 0) is 16.0 Å². The van der Waals surface area contributed by atoms with Crippen LogP contribution in [-0.4, -0.2) is 38.8 Å². The average Bonchev–Trinajstić information content (AvgIpc) is 2.77. The van der Waals surface area contributed by atoms with E-state index in [-0.39, 0.29) is 24.1 Å². The number of anilines is 1. The summed E-state index contributed by atoms with van der Waals surface area (Å²) in [6.07, 6.45) is 3.35. The van der Waals surface area contributed by atoms with Crippen molar-refractivity contribution in [2.24, 2.45) is 0 Å². The fourth-order valence-corrected chi connectivity index (χ4v) is 4.29. The molecule has 2 atom stereocenters. The summed E-state index contributed by atoms with van der Waals surface area (Å²) in [7, 11) is 0. The zero-order valence-electron chi connectivity index (χ0n) is 15.9. The second-order valence-corrected chi connectivity index (χ2v) is 8.07. The fourth-order valence-electron chi connectivity index (χ4n) is 3.11. The van der Waals surface area contributed by atoms with E-state index in [2.05, 4.69) is 20.6 Å². The van der Waals surface area contributed by atoms with Crippen molar-refractivity contribution in [2.75, 3.05) is 11.1 Å². The highest BCUT2D eigenvalue weighted by molar-refractivity contribution is 8.00. The lowest BCUT2D eigenvalue weighted by Gasteiger charge is -2.28. The summed E-state index contributed by atoms with van der Waals surface area (Å²) in [4.78, 5) is 33.5. The molecule has 3 aromatic rings. The van der Waals surface area contributed by atoms with E-state index in [0.29, 0.717) is 22.8 Å². The average molecular weight is 422 g/mol. The summed E-state index contributed by atoms with van der Waals surface area (Å²) >= 11 is 1.35. The number of rotatable bonds is 5. The molecular formula is C22H19FN4O2S. The van der Waals surface area contributed by atoms with Gasteiger partial charge in [-0.3, -0.25) is 9.59 Å². The van der Waals surface area contributed by atoms with Crippen molar-refractivity contribution >= 4 is 29.3 Å². The Morgan fingerprint density at radius 1 is 1.10 bits per heavy atom. The summed E-state index contributed by atoms with van der Waals surface area (Å²) in [6, 6.07) is 15.2. The molecule has 0 spiro atoms. The first-order valence-corrected chi connectivity index (χ1v) is 10.5. The monoisotopic (exact) mass is 422 g/mol. The molecule has 2 heterocycles. The summed E-state index contributed by atoms with van der Waals surface area (Å²) < 4.78 is 13.8. The second-order valence-electron chi connectivity index (χ2n) is 6.83. The largest absolute Gasteiger partial charge is 0.343 e. The Hall–Kier alpha value is -3.26. The van der Waals surface area contributed by atoms with Gasteiger partial charge in [-0.15, -0.1) is 11.8 Å². The van der Waals surface area contributed by atoms with Crippen molar-refractivity contribution in [3.63, 3.8) is 0 Å². The van der Waals surface area contributed by atoms with Gasteiger partial charge in [0.25, 0.3) is 0 Å². The van der Waals surface area contributed by atoms with E-state index in [1.165, 1.54) is 30.2 Å². The van der Waals surface area contributed by atoms with E-state index in [0.717, 1.165) is 5.56 Å². The van der Waals surface area contributed by atoms with Crippen LogP contribution >= 0.6 is 11.8 Å². The number of benzene rings is 2. The van der Waals surface area contributed by atoms with Gasteiger partial charge in [0.05, 0.1) is 23.3 Å². The highest BCUT2D eigenvalue weighted by Crippen LogP contribution is 2.24. The quantitative estimate of drug-likeness (QED) is 0.660. The van der Waals surface area contributed by atoms with E-state index in [1.54, 1.807) is 18.2 Å². The Bertz CT molecular complexity index is 1050. The Morgan fingerprint density at radius 3 is 2.50 bits per heavy atom. The van der Waals surface area contributed by atoms with Crippen LogP contribution in [0.25, 0.3) is 11.4 Å². The summed E-state index contributed by atoms with van der Waals surface area (Å²) in [5, 5.41) is 5.03. The van der Waals surface area contributed by atoms with Gasteiger partial charge >= 0.3 is 0 Å². The highest BCUT2D eigenvalue weighted by atomic mass is 32.2. The number of hydrogen-bond acceptors (Lipinski definition) is 5. The zero-order chi connectivity index (χ0) is 20.9. The van der Waals surface area contributed by atoms with Crippen molar-refractivity contribution in [3.8, 4) is 11.4 Å². The van der Waals surface area contributed by atoms with E-state index >= 15 is 0 Å². The Balaban J connectivity index is 1.34. The minimum atomic E-state index is -0.673. The van der Waals surface area contributed by atoms with Gasteiger partial charge in [0, 0.05) is 11.3 Å². The van der Waals surface area contributed by atoms with Crippen LogP contribution < -0.4 is 10.6 Å². The van der Waals surface area contributed by atoms with Gasteiger partial charge in [0.2, 0.25) is 11.8 Å². The third kappa shape index (κ3) is 4.65. The van der Waals surface area contributed by atoms with E-state index in [9.17, 15) is 14.0 Å². The summed E-state index contributed by atoms with van der Waals surface area (Å²) in [6.45, 7) is 0. The maximum atomic E-state index is 13.8. The number of carbonyl (C=O) groups excluding carboxylic acids is 2. The number of carbonyl (C=O) groups is 2. The molecule has 4 rings (SSSR count). The van der Waals surface area contributed by atoms with E-state index in [1.807, 2.05) is 30.3 Å². The predicted molar refractivity (Wildman–Crippen MR) is 114 cm³/mol. The van der Waals surface area contributed by atoms with Gasteiger partial charge in [-0.25, -0.2) is 14.4 Å². The maximum Gasteiger partial charge on any atom is 0.247 e. The molecule has 0 aliphatic carbocycles. The lowest BCUT2D eigenvalue weighted by atomic mass is 10.1. The van der Waals surface area contributed by atoms with Gasteiger partial charge in [-0.2, -0.15) is 0 Å². The lowest BCUT2D eigenvalue weighted by molar-refractivity contribution is -0.126. The van der Waals surface area contributed by atoms with Crippen molar-refractivity contribution < 1.29 is 14.0 Å². The minimum absolute atomic E-state index is 0.273. The van der Waals surface area contributed by atoms with Crippen LogP contribution in [0.1, 0.15) is 5.56 Å².